The predicted octanol–water partition coefficient (Wildman–Crippen LogP) is 4.40. The van der Waals surface area contributed by atoms with Crippen LogP contribution < -0.4 is 0 Å². The Kier molecular flexibility index (Phi) is 3.21. The minimum atomic E-state index is 0.575. The molecule has 1 aliphatic heterocycles. The van der Waals surface area contributed by atoms with Gasteiger partial charge in [-0.05, 0) is 26.7 Å². The first-order valence-corrected chi connectivity index (χ1v) is 8.78. The molecule has 3 rings (SSSR count). The summed E-state index contributed by atoms with van der Waals surface area (Å²) in [5.74, 6) is 3.26. The third-order valence-corrected chi connectivity index (χ3v) is 9.03. The first-order chi connectivity index (χ1) is 8.59. The van der Waals surface area contributed by atoms with Crippen molar-refractivity contribution in [1.29, 1.82) is 0 Å². The predicted molar refractivity (Wildman–Crippen MR) is 81.9 cm³/mol. The molecule has 0 nitrogen and oxygen atoms in total. The summed E-state index contributed by atoms with van der Waals surface area (Å²) in [5.41, 5.74) is 1.55. The van der Waals surface area contributed by atoms with Crippen LogP contribution in [-0.4, -0.2) is 10.00 Å². The van der Waals surface area contributed by atoms with Crippen molar-refractivity contribution < 1.29 is 0 Å². The SMILES string of the molecule is C[C@@H]1CC[C@@H]2C[C@H]1[S+](Cc1ccccc1)C2(C)C. The summed E-state index contributed by atoms with van der Waals surface area (Å²) in [5, 5.41) is 0.999. The molecule has 1 aromatic carbocycles. The molecular weight excluding hydrogens is 236 g/mol. The Morgan fingerprint density at radius 2 is 1.89 bits per heavy atom. The zero-order valence-corrected chi connectivity index (χ0v) is 12.7. The van der Waals surface area contributed by atoms with Crippen LogP contribution in [0.25, 0.3) is 0 Å². The van der Waals surface area contributed by atoms with E-state index in [9.17, 15) is 0 Å². The normalized spacial score (nSPS) is 37.7. The van der Waals surface area contributed by atoms with Gasteiger partial charge in [0.15, 0.2) is 0 Å². The maximum atomic E-state index is 2.54. The molecule has 0 radical (unpaired) electrons. The van der Waals surface area contributed by atoms with Crippen molar-refractivity contribution in [2.75, 3.05) is 0 Å². The number of rotatable bonds is 2. The molecule has 1 aliphatic carbocycles. The lowest BCUT2D eigenvalue weighted by atomic mass is 9.78. The maximum Gasteiger partial charge on any atom is 0.134 e. The lowest BCUT2D eigenvalue weighted by molar-refractivity contribution is 0.290. The molecule has 0 N–H and O–H groups in total. The molecule has 0 amide bonds. The summed E-state index contributed by atoms with van der Waals surface area (Å²) in [6, 6.07) is 11.1. The molecule has 4 atom stereocenters. The van der Waals surface area contributed by atoms with Gasteiger partial charge >= 0.3 is 0 Å². The van der Waals surface area contributed by atoms with Crippen molar-refractivity contribution in [2.45, 2.75) is 55.8 Å². The van der Waals surface area contributed by atoms with Crippen LogP contribution in [-0.2, 0) is 16.6 Å². The molecule has 2 fully saturated rings. The fourth-order valence-electron chi connectivity index (χ4n) is 3.96. The molecule has 98 valence electrons. The maximum absolute atomic E-state index is 2.54. The summed E-state index contributed by atoms with van der Waals surface area (Å²) in [4.78, 5) is 0. The standard InChI is InChI=1S/C17H25S/c1-13-9-10-15-11-16(13)18(17(15,2)3)12-14-7-5-4-6-8-14/h4-8,13,15-16H,9-12H2,1-3H3/q+1/t13-,15-,16-,18?/m1/s1. The van der Waals surface area contributed by atoms with Gasteiger partial charge in [0, 0.05) is 34.7 Å². The zero-order valence-electron chi connectivity index (χ0n) is 11.9. The highest BCUT2D eigenvalue weighted by atomic mass is 32.2. The minimum Gasteiger partial charge on any atom is -0.0622 e. The van der Waals surface area contributed by atoms with Crippen LogP contribution in [0.15, 0.2) is 30.3 Å². The smallest absolute Gasteiger partial charge is 0.0622 e. The van der Waals surface area contributed by atoms with Crippen molar-refractivity contribution in [2.24, 2.45) is 11.8 Å². The molecule has 18 heavy (non-hydrogen) atoms. The van der Waals surface area contributed by atoms with Crippen LogP contribution in [0.3, 0.4) is 0 Å². The Morgan fingerprint density at radius 3 is 2.61 bits per heavy atom. The van der Waals surface area contributed by atoms with Crippen molar-refractivity contribution >= 4 is 10.9 Å². The molecule has 1 heteroatoms. The summed E-state index contributed by atoms with van der Waals surface area (Å²) in [6.07, 6.45) is 4.45. The van der Waals surface area contributed by atoms with E-state index < -0.39 is 0 Å². The van der Waals surface area contributed by atoms with Crippen molar-refractivity contribution in [1.82, 2.24) is 0 Å². The minimum absolute atomic E-state index is 0.575. The largest absolute Gasteiger partial charge is 0.134 e. The van der Waals surface area contributed by atoms with Crippen molar-refractivity contribution in [3.8, 4) is 0 Å². The fourth-order valence-corrected chi connectivity index (χ4v) is 7.68. The molecule has 1 saturated heterocycles. The zero-order chi connectivity index (χ0) is 12.8. The highest BCUT2D eigenvalue weighted by molar-refractivity contribution is 7.98. The Bertz CT molecular complexity index is 409. The van der Waals surface area contributed by atoms with Gasteiger partial charge in [0.05, 0.1) is 0 Å². The van der Waals surface area contributed by atoms with Crippen LogP contribution in [0.2, 0.25) is 0 Å². The molecule has 0 aromatic heterocycles. The van der Waals surface area contributed by atoms with E-state index in [2.05, 4.69) is 51.1 Å². The van der Waals surface area contributed by atoms with Gasteiger partial charge in [-0.1, -0.05) is 37.3 Å². The average Bonchev–Trinajstić information content (AvgIpc) is 2.57. The van der Waals surface area contributed by atoms with Crippen LogP contribution in [0.1, 0.15) is 45.6 Å². The Hall–Kier alpha value is -0.430. The molecule has 1 saturated carbocycles. The topological polar surface area (TPSA) is 0 Å². The van der Waals surface area contributed by atoms with E-state index in [1.54, 1.807) is 5.56 Å². The van der Waals surface area contributed by atoms with Crippen molar-refractivity contribution in [3.05, 3.63) is 35.9 Å². The third-order valence-electron chi connectivity index (χ3n) is 5.31. The Morgan fingerprint density at radius 1 is 1.17 bits per heavy atom. The van der Waals surface area contributed by atoms with Gasteiger partial charge in [0.1, 0.15) is 15.7 Å². The molecule has 1 aromatic rings. The summed E-state index contributed by atoms with van der Waals surface area (Å²) in [7, 11) is 0.576. The van der Waals surface area contributed by atoms with E-state index in [1.807, 2.05) is 0 Å². The summed E-state index contributed by atoms with van der Waals surface area (Å²) >= 11 is 0. The molecule has 0 spiro atoms. The molecular formula is C17H25S+. The second kappa shape index (κ2) is 4.59. The van der Waals surface area contributed by atoms with Crippen LogP contribution >= 0.6 is 0 Å². The van der Waals surface area contributed by atoms with Gasteiger partial charge in [-0.25, -0.2) is 0 Å². The van der Waals surface area contributed by atoms with E-state index in [4.69, 9.17) is 0 Å². The Balaban J connectivity index is 1.85. The van der Waals surface area contributed by atoms with Gasteiger partial charge in [-0.15, -0.1) is 0 Å². The van der Waals surface area contributed by atoms with E-state index in [-0.39, 0.29) is 0 Å². The molecule has 2 aliphatic rings. The highest BCUT2D eigenvalue weighted by Gasteiger charge is 2.60. The molecule has 1 heterocycles. The Labute approximate surface area is 115 Å². The number of hydrogen-bond donors (Lipinski definition) is 0. The number of fused-ring (bicyclic) bond motifs is 2. The quantitative estimate of drug-likeness (QED) is 0.692. The third kappa shape index (κ3) is 2.01. The lowest BCUT2D eigenvalue weighted by Crippen LogP contribution is -2.36. The first-order valence-electron chi connectivity index (χ1n) is 7.33. The van der Waals surface area contributed by atoms with Crippen LogP contribution in [0.4, 0.5) is 0 Å². The second-order valence-corrected chi connectivity index (χ2v) is 9.49. The van der Waals surface area contributed by atoms with Crippen LogP contribution in [0, 0.1) is 11.8 Å². The first kappa shape index (κ1) is 12.6. The highest BCUT2D eigenvalue weighted by Crippen LogP contribution is 2.53. The van der Waals surface area contributed by atoms with Crippen molar-refractivity contribution in [3.63, 3.8) is 0 Å². The summed E-state index contributed by atoms with van der Waals surface area (Å²) in [6.45, 7) is 7.58. The lowest BCUT2D eigenvalue weighted by Gasteiger charge is -2.24. The number of hydrogen-bond acceptors (Lipinski definition) is 0. The van der Waals surface area contributed by atoms with Gasteiger partial charge in [0.2, 0.25) is 0 Å². The second-order valence-electron chi connectivity index (χ2n) is 6.69. The van der Waals surface area contributed by atoms with E-state index in [1.165, 1.54) is 25.0 Å². The molecule has 1 unspecified atom stereocenters. The van der Waals surface area contributed by atoms with Crippen LogP contribution in [0.5, 0.6) is 0 Å². The monoisotopic (exact) mass is 261 g/mol. The van der Waals surface area contributed by atoms with E-state index in [0.717, 1.165) is 17.1 Å². The van der Waals surface area contributed by atoms with Gasteiger partial charge < -0.3 is 0 Å². The average molecular weight is 261 g/mol. The van der Waals surface area contributed by atoms with Gasteiger partial charge in [0.25, 0.3) is 0 Å². The molecule has 2 bridgehead atoms. The van der Waals surface area contributed by atoms with Gasteiger partial charge in [-0.3, -0.25) is 0 Å². The van der Waals surface area contributed by atoms with Gasteiger partial charge in [-0.2, -0.15) is 0 Å². The fraction of sp³-hybridized carbons (Fsp3) is 0.647. The van der Waals surface area contributed by atoms with E-state index >= 15 is 0 Å². The van der Waals surface area contributed by atoms with E-state index in [0.29, 0.717) is 15.6 Å². The summed E-state index contributed by atoms with van der Waals surface area (Å²) < 4.78 is 0.575. The number of benzene rings is 1.